The summed E-state index contributed by atoms with van der Waals surface area (Å²) >= 11 is 6.93. The summed E-state index contributed by atoms with van der Waals surface area (Å²) in [7, 11) is 1.41. The van der Waals surface area contributed by atoms with Gasteiger partial charge in [-0.15, -0.1) is 11.3 Å². The van der Waals surface area contributed by atoms with Crippen LogP contribution in [0, 0.1) is 18.6 Å². The molecule has 2 aromatic heterocycles. The van der Waals surface area contributed by atoms with Gasteiger partial charge in [0.15, 0.2) is 22.5 Å². The van der Waals surface area contributed by atoms with Crippen molar-refractivity contribution >= 4 is 46.4 Å². The standard InChI is InChI=1S/C19H16ClF2N5O4S/c1-8-15(32-19(24-8)14(28)7-31-2)6-23-18(30)13-5-16(27-26-13)25-17(29)9-3-11(21)12(22)4-10(9)20/h3-5H,6-7H2,1-2H3,(H,23,30)(H2,25,26,27,29). The number of anilines is 1. The maximum atomic E-state index is 13.4. The minimum absolute atomic E-state index is 0.0256. The number of ether oxygens (including phenoxy) is 1. The zero-order valence-electron chi connectivity index (χ0n) is 16.7. The van der Waals surface area contributed by atoms with Crippen LogP contribution in [0.2, 0.25) is 5.02 Å². The van der Waals surface area contributed by atoms with E-state index in [0.717, 1.165) is 11.3 Å². The molecule has 0 fully saturated rings. The topological polar surface area (TPSA) is 126 Å². The van der Waals surface area contributed by atoms with Crippen molar-refractivity contribution in [2.24, 2.45) is 0 Å². The quantitative estimate of drug-likeness (QED) is 0.334. The summed E-state index contributed by atoms with van der Waals surface area (Å²) < 4.78 is 31.4. The van der Waals surface area contributed by atoms with Crippen LogP contribution in [0.3, 0.4) is 0 Å². The number of aromatic nitrogens is 3. The number of hydrogen-bond donors (Lipinski definition) is 3. The summed E-state index contributed by atoms with van der Waals surface area (Å²) in [5, 5.41) is 11.3. The summed E-state index contributed by atoms with van der Waals surface area (Å²) in [5.41, 5.74) is 0.351. The van der Waals surface area contributed by atoms with Crippen LogP contribution < -0.4 is 10.6 Å². The fraction of sp³-hybridized carbons (Fsp3) is 0.211. The second-order valence-electron chi connectivity index (χ2n) is 6.43. The van der Waals surface area contributed by atoms with E-state index in [1.807, 2.05) is 0 Å². The largest absolute Gasteiger partial charge is 0.376 e. The number of methoxy groups -OCH3 is 1. The van der Waals surface area contributed by atoms with Crippen molar-refractivity contribution in [1.29, 1.82) is 0 Å². The predicted octanol–water partition coefficient (Wildman–Crippen LogP) is 3.12. The van der Waals surface area contributed by atoms with Gasteiger partial charge in [-0.2, -0.15) is 5.10 Å². The fourth-order valence-corrected chi connectivity index (χ4v) is 3.70. The van der Waals surface area contributed by atoms with E-state index in [2.05, 4.69) is 25.8 Å². The molecule has 2 amide bonds. The monoisotopic (exact) mass is 483 g/mol. The molecule has 3 N–H and O–H groups in total. The zero-order valence-corrected chi connectivity index (χ0v) is 18.3. The molecular weight excluding hydrogens is 468 g/mol. The third kappa shape index (κ3) is 5.33. The molecule has 0 spiro atoms. The van der Waals surface area contributed by atoms with Crippen molar-refractivity contribution in [1.82, 2.24) is 20.5 Å². The lowest BCUT2D eigenvalue weighted by Crippen LogP contribution is -2.23. The molecular formula is C19H16ClF2N5O4S. The number of H-pyrrole nitrogens is 1. The van der Waals surface area contributed by atoms with E-state index in [4.69, 9.17) is 16.3 Å². The molecule has 13 heteroatoms. The smallest absolute Gasteiger partial charge is 0.269 e. The van der Waals surface area contributed by atoms with Gasteiger partial charge in [0.1, 0.15) is 12.3 Å². The normalized spacial score (nSPS) is 10.8. The van der Waals surface area contributed by atoms with E-state index < -0.39 is 23.4 Å². The number of ketones is 1. The number of Topliss-reactive ketones (excluding diaryl/α,β-unsaturated/α-hetero) is 1. The molecule has 32 heavy (non-hydrogen) atoms. The summed E-state index contributed by atoms with van der Waals surface area (Å²) in [6.45, 7) is 1.75. The lowest BCUT2D eigenvalue weighted by atomic mass is 10.2. The highest BCUT2D eigenvalue weighted by Gasteiger charge is 2.18. The van der Waals surface area contributed by atoms with Gasteiger partial charge in [-0.3, -0.25) is 19.5 Å². The number of amides is 2. The molecule has 0 radical (unpaired) electrons. The number of aryl methyl sites for hydroxylation is 1. The van der Waals surface area contributed by atoms with Gasteiger partial charge in [0.05, 0.1) is 22.8 Å². The summed E-state index contributed by atoms with van der Waals surface area (Å²) in [4.78, 5) is 41.3. The molecule has 0 bridgehead atoms. The third-order valence-electron chi connectivity index (χ3n) is 4.13. The first-order chi connectivity index (χ1) is 15.2. The first kappa shape index (κ1) is 23.4. The second-order valence-corrected chi connectivity index (χ2v) is 7.92. The molecule has 0 aliphatic heterocycles. The van der Waals surface area contributed by atoms with Crippen molar-refractivity contribution in [3.05, 3.63) is 61.7 Å². The molecule has 0 atom stereocenters. The van der Waals surface area contributed by atoms with Crippen molar-refractivity contribution in [3.63, 3.8) is 0 Å². The highest BCUT2D eigenvalue weighted by atomic mass is 35.5. The van der Waals surface area contributed by atoms with Crippen LogP contribution in [0.4, 0.5) is 14.6 Å². The fourth-order valence-electron chi connectivity index (χ4n) is 2.54. The van der Waals surface area contributed by atoms with Crippen molar-refractivity contribution in [3.8, 4) is 0 Å². The Bertz CT molecular complexity index is 1200. The third-order valence-corrected chi connectivity index (χ3v) is 5.65. The number of carbonyl (C=O) groups is 3. The number of nitrogens with zero attached hydrogens (tertiary/aromatic N) is 2. The highest BCUT2D eigenvalue weighted by Crippen LogP contribution is 2.21. The number of rotatable bonds is 8. The Morgan fingerprint density at radius 3 is 2.62 bits per heavy atom. The Kier molecular flexibility index (Phi) is 7.28. The van der Waals surface area contributed by atoms with Crippen molar-refractivity contribution in [2.45, 2.75) is 13.5 Å². The number of aromatic amines is 1. The molecule has 2 heterocycles. The van der Waals surface area contributed by atoms with Gasteiger partial charge in [-0.05, 0) is 19.1 Å². The number of carbonyl (C=O) groups excluding carboxylic acids is 3. The van der Waals surface area contributed by atoms with Crippen LogP contribution in [-0.2, 0) is 11.3 Å². The van der Waals surface area contributed by atoms with Crippen LogP contribution in [0.15, 0.2) is 18.2 Å². The van der Waals surface area contributed by atoms with Gasteiger partial charge in [-0.25, -0.2) is 13.8 Å². The Hall–Kier alpha value is -3.22. The molecule has 0 unspecified atom stereocenters. The molecule has 0 saturated heterocycles. The molecule has 9 nitrogen and oxygen atoms in total. The van der Waals surface area contributed by atoms with E-state index in [1.165, 1.54) is 13.2 Å². The van der Waals surface area contributed by atoms with Crippen molar-refractivity contribution in [2.75, 3.05) is 19.0 Å². The first-order valence-corrected chi connectivity index (χ1v) is 10.2. The van der Waals surface area contributed by atoms with E-state index in [-0.39, 0.29) is 46.0 Å². The molecule has 0 aliphatic rings. The maximum Gasteiger partial charge on any atom is 0.269 e. The molecule has 3 aromatic rings. The van der Waals surface area contributed by atoms with E-state index >= 15 is 0 Å². The zero-order chi connectivity index (χ0) is 23.4. The SMILES string of the molecule is COCC(=O)c1nc(C)c(CNC(=O)c2cc(NC(=O)c3cc(F)c(F)cc3Cl)n[nH]2)s1. The van der Waals surface area contributed by atoms with E-state index in [9.17, 15) is 23.2 Å². The lowest BCUT2D eigenvalue weighted by molar-refractivity contribution is 0.0847. The Balaban J connectivity index is 1.62. The lowest BCUT2D eigenvalue weighted by Gasteiger charge is -2.05. The average Bonchev–Trinajstić information content (AvgIpc) is 3.35. The Labute approximate surface area is 189 Å². The average molecular weight is 484 g/mol. The van der Waals surface area contributed by atoms with E-state index in [1.54, 1.807) is 6.92 Å². The van der Waals surface area contributed by atoms with Gasteiger partial charge in [0, 0.05) is 18.1 Å². The summed E-state index contributed by atoms with van der Waals surface area (Å²) in [6.07, 6.45) is 0. The number of thiazole rings is 1. The number of hydrogen-bond acceptors (Lipinski definition) is 7. The van der Waals surface area contributed by atoms with Crippen LogP contribution in [0.5, 0.6) is 0 Å². The molecule has 1 aromatic carbocycles. The first-order valence-electron chi connectivity index (χ1n) is 8.97. The predicted molar refractivity (Wildman–Crippen MR) is 112 cm³/mol. The maximum absolute atomic E-state index is 13.4. The van der Waals surface area contributed by atoms with Crippen molar-refractivity contribution < 1.29 is 27.9 Å². The van der Waals surface area contributed by atoms with Crippen LogP contribution >= 0.6 is 22.9 Å². The van der Waals surface area contributed by atoms with Crippen LogP contribution in [-0.4, -0.2) is 46.5 Å². The number of benzene rings is 1. The van der Waals surface area contributed by atoms with Crippen LogP contribution in [0.1, 0.15) is 41.2 Å². The van der Waals surface area contributed by atoms with Crippen LogP contribution in [0.25, 0.3) is 0 Å². The van der Waals surface area contributed by atoms with E-state index in [0.29, 0.717) is 22.7 Å². The molecule has 0 aliphatic carbocycles. The Morgan fingerprint density at radius 1 is 1.19 bits per heavy atom. The highest BCUT2D eigenvalue weighted by molar-refractivity contribution is 7.13. The molecule has 0 saturated carbocycles. The van der Waals surface area contributed by atoms with Gasteiger partial charge in [0.2, 0.25) is 5.78 Å². The number of halogens is 3. The second kappa shape index (κ2) is 9.94. The summed E-state index contributed by atoms with van der Waals surface area (Å²) in [6, 6.07) is 2.61. The summed E-state index contributed by atoms with van der Waals surface area (Å²) in [5.74, 6) is -4.05. The van der Waals surface area contributed by atoms with Gasteiger partial charge in [0.25, 0.3) is 11.8 Å². The molecule has 168 valence electrons. The Morgan fingerprint density at radius 2 is 1.91 bits per heavy atom. The van der Waals surface area contributed by atoms with Gasteiger partial charge < -0.3 is 15.4 Å². The van der Waals surface area contributed by atoms with Gasteiger partial charge >= 0.3 is 0 Å². The minimum Gasteiger partial charge on any atom is -0.376 e. The molecule has 3 rings (SSSR count). The minimum atomic E-state index is -1.23. The number of nitrogens with one attached hydrogen (secondary N) is 3. The van der Waals surface area contributed by atoms with Gasteiger partial charge in [-0.1, -0.05) is 11.6 Å².